The van der Waals surface area contributed by atoms with Gasteiger partial charge in [-0.15, -0.1) is 10.2 Å². The lowest BCUT2D eigenvalue weighted by molar-refractivity contribution is -0.384. The minimum Gasteiger partial charge on any atom is -0.366 e. The zero-order chi connectivity index (χ0) is 11.7. The minimum absolute atomic E-state index is 0.000177. The molecule has 1 aromatic carbocycles. The first-order valence-electron chi connectivity index (χ1n) is 4.30. The van der Waals surface area contributed by atoms with Crippen LogP contribution in [0.2, 0.25) is 0 Å². The van der Waals surface area contributed by atoms with Gasteiger partial charge in [-0.2, -0.15) is 0 Å². The molecule has 8 heteroatoms. The van der Waals surface area contributed by atoms with E-state index >= 15 is 0 Å². The Hall–Kier alpha value is -2.64. The van der Waals surface area contributed by atoms with Crippen molar-refractivity contribution in [2.45, 2.75) is 0 Å². The lowest BCUT2D eigenvalue weighted by atomic mass is 10.2. The topological polar surface area (TPSA) is 126 Å². The number of aromatic nitrogens is 3. The van der Waals surface area contributed by atoms with Gasteiger partial charge in [-0.25, -0.2) is 4.68 Å². The molecule has 82 valence electrons. The second kappa shape index (κ2) is 3.50. The third kappa shape index (κ3) is 1.52. The number of non-ortho nitro benzene ring substituents is 1. The molecule has 8 nitrogen and oxygen atoms in total. The molecule has 1 heterocycles. The van der Waals surface area contributed by atoms with Crippen molar-refractivity contribution < 1.29 is 4.92 Å². The van der Waals surface area contributed by atoms with Gasteiger partial charge in [-0.3, -0.25) is 10.1 Å². The predicted molar refractivity (Wildman–Crippen MR) is 56.7 cm³/mol. The van der Waals surface area contributed by atoms with Gasteiger partial charge in [-0.1, -0.05) is 0 Å². The number of nitrogen functional groups attached to an aromatic ring is 2. The van der Waals surface area contributed by atoms with Crippen molar-refractivity contribution in [3.8, 4) is 11.4 Å². The number of nitrogens with zero attached hydrogens (tertiary/aromatic N) is 4. The average molecular weight is 220 g/mol. The molecule has 2 aromatic rings. The van der Waals surface area contributed by atoms with Crippen LogP contribution in [-0.2, 0) is 0 Å². The molecule has 0 aliphatic heterocycles. The Balaban J connectivity index is 2.42. The molecule has 4 N–H and O–H groups in total. The van der Waals surface area contributed by atoms with E-state index in [4.69, 9.17) is 11.6 Å². The van der Waals surface area contributed by atoms with Crippen molar-refractivity contribution in [1.82, 2.24) is 14.9 Å². The molecule has 16 heavy (non-hydrogen) atoms. The van der Waals surface area contributed by atoms with Crippen LogP contribution in [0, 0.1) is 10.1 Å². The summed E-state index contributed by atoms with van der Waals surface area (Å²) in [5, 5.41) is 17.8. The number of rotatable bonds is 2. The fourth-order valence-electron chi connectivity index (χ4n) is 1.23. The van der Waals surface area contributed by atoms with Crippen molar-refractivity contribution >= 4 is 11.6 Å². The second-order valence-electron chi connectivity index (χ2n) is 3.06. The zero-order valence-corrected chi connectivity index (χ0v) is 8.07. The Morgan fingerprint density at radius 2 is 1.88 bits per heavy atom. The molecule has 0 atom stereocenters. The smallest absolute Gasteiger partial charge is 0.269 e. The molecule has 0 amide bonds. The lowest BCUT2D eigenvalue weighted by Gasteiger charge is -2.00. The van der Waals surface area contributed by atoms with E-state index in [1.165, 1.54) is 24.3 Å². The van der Waals surface area contributed by atoms with Crippen LogP contribution in [0.1, 0.15) is 0 Å². The summed E-state index contributed by atoms with van der Waals surface area (Å²) in [6, 6.07) is 5.79. The van der Waals surface area contributed by atoms with Crippen LogP contribution in [0.25, 0.3) is 11.4 Å². The number of benzene rings is 1. The Labute approximate surface area is 89.6 Å². The summed E-state index contributed by atoms with van der Waals surface area (Å²) in [6.45, 7) is 0. The molecule has 0 radical (unpaired) electrons. The largest absolute Gasteiger partial charge is 0.366 e. The number of nitro groups is 1. The van der Waals surface area contributed by atoms with Gasteiger partial charge < -0.3 is 11.6 Å². The van der Waals surface area contributed by atoms with E-state index in [1.54, 1.807) is 0 Å². The molecule has 0 bridgehead atoms. The maximum atomic E-state index is 10.4. The van der Waals surface area contributed by atoms with E-state index in [2.05, 4.69) is 10.2 Å². The molecular formula is C8H8N6O2. The highest BCUT2D eigenvalue weighted by molar-refractivity contribution is 5.58. The van der Waals surface area contributed by atoms with Crippen LogP contribution in [0.4, 0.5) is 11.6 Å². The summed E-state index contributed by atoms with van der Waals surface area (Å²) >= 11 is 0. The highest BCUT2D eigenvalue weighted by atomic mass is 16.6. The van der Waals surface area contributed by atoms with Crippen LogP contribution in [0.5, 0.6) is 0 Å². The molecular weight excluding hydrogens is 212 g/mol. The van der Waals surface area contributed by atoms with Crippen LogP contribution in [0.15, 0.2) is 24.3 Å². The van der Waals surface area contributed by atoms with E-state index in [9.17, 15) is 10.1 Å². The number of hydrogen-bond acceptors (Lipinski definition) is 6. The first-order chi connectivity index (χ1) is 7.59. The van der Waals surface area contributed by atoms with Crippen LogP contribution < -0.4 is 11.6 Å². The second-order valence-corrected chi connectivity index (χ2v) is 3.06. The molecule has 0 saturated carbocycles. The van der Waals surface area contributed by atoms with E-state index in [-0.39, 0.29) is 11.6 Å². The summed E-state index contributed by atoms with van der Waals surface area (Å²) in [7, 11) is 0. The van der Waals surface area contributed by atoms with Crippen LogP contribution in [-0.4, -0.2) is 19.8 Å². The lowest BCUT2D eigenvalue weighted by Crippen LogP contribution is -2.13. The molecule has 0 unspecified atom stereocenters. The number of nitrogens with two attached hydrogens (primary N) is 2. The van der Waals surface area contributed by atoms with Gasteiger partial charge in [0.1, 0.15) is 0 Å². The van der Waals surface area contributed by atoms with Crippen molar-refractivity contribution in [1.29, 1.82) is 0 Å². The monoisotopic (exact) mass is 220 g/mol. The van der Waals surface area contributed by atoms with E-state index in [0.717, 1.165) is 4.68 Å². The van der Waals surface area contributed by atoms with Crippen LogP contribution >= 0.6 is 0 Å². The normalized spacial score (nSPS) is 10.2. The molecule has 2 rings (SSSR count). The standard InChI is InChI=1S/C8H8N6O2/c9-8-12-11-7(13(8)10)5-1-3-6(4-2-5)14(15)16/h1-4H,10H2,(H2,9,12). The molecule has 0 fully saturated rings. The van der Waals surface area contributed by atoms with Gasteiger partial charge in [0.05, 0.1) is 4.92 Å². The summed E-state index contributed by atoms with van der Waals surface area (Å²) < 4.78 is 1.11. The third-order valence-corrected chi connectivity index (χ3v) is 2.06. The molecule has 1 aromatic heterocycles. The van der Waals surface area contributed by atoms with Gasteiger partial charge in [0, 0.05) is 17.7 Å². The van der Waals surface area contributed by atoms with Gasteiger partial charge in [-0.05, 0) is 12.1 Å². The summed E-state index contributed by atoms with van der Waals surface area (Å²) in [5.74, 6) is 6.00. The van der Waals surface area contributed by atoms with Gasteiger partial charge >= 0.3 is 0 Å². The van der Waals surface area contributed by atoms with Crippen molar-refractivity contribution in [3.63, 3.8) is 0 Å². The highest BCUT2D eigenvalue weighted by Gasteiger charge is 2.11. The predicted octanol–water partition coefficient (Wildman–Crippen LogP) is 0.149. The van der Waals surface area contributed by atoms with Crippen molar-refractivity contribution in [2.75, 3.05) is 11.6 Å². The SMILES string of the molecule is Nc1nnc(-c2ccc([N+](=O)[O-])cc2)n1N. The Kier molecular flexibility index (Phi) is 2.16. The quantitative estimate of drug-likeness (QED) is 0.421. The Morgan fingerprint density at radius 1 is 1.25 bits per heavy atom. The van der Waals surface area contributed by atoms with Gasteiger partial charge in [0.2, 0.25) is 5.95 Å². The average Bonchev–Trinajstić information content (AvgIpc) is 2.60. The summed E-state index contributed by atoms with van der Waals surface area (Å²) in [5.41, 5.74) is 6.02. The Morgan fingerprint density at radius 3 is 2.31 bits per heavy atom. The third-order valence-electron chi connectivity index (χ3n) is 2.06. The van der Waals surface area contributed by atoms with E-state index < -0.39 is 4.92 Å². The summed E-state index contributed by atoms with van der Waals surface area (Å²) in [6.07, 6.45) is 0. The maximum Gasteiger partial charge on any atom is 0.269 e. The molecule has 0 spiro atoms. The van der Waals surface area contributed by atoms with Crippen LogP contribution in [0.3, 0.4) is 0 Å². The first kappa shape index (κ1) is 9.90. The van der Waals surface area contributed by atoms with E-state index in [1.807, 2.05) is 0 Å². The fourth-order valence-corrected chi connectivity index (χ4v) is 1.23. The highest BCUT2D eigenvalue weighted by Crippen LogP contribution is 2.20. The zero-order valence-electron chi connectivity index (χ0n) is 8.07. The minimum atomic E-state index is -0.481. The first-order valence-corrected chi connectivity index (χ1v) is 4.30. The van der Waals surface area contributed by atoms with E-state index in [0.29, 0.717) is 11.4 Å². The molecule has 0 aliphatic rings. The van der Waals surface area contributed by atoms with Gasteiger partial charge in [0.15, 0.2) is 5.82 Å². The number of anilines is 1. The fraction of sp³-hybridized carbons (Fsp3) is 0. The molecule has 0 saturated heterocycles. The molecule has 0 aliphatic carbocycles. The number of hydrogen-bond donors (Lipinski definition) is 2. The summed E-state index contributed by atoms with van der Waals surface area (Å²) in [4.78, 5) is 9.97. The Bertz CT molecular complexity index is 532. The maximum absolute atomic E-state index is 10.4. The number of nitro benzene ring substituents is 1. The van der Waals surface area contributed by atoms with Crippen molar-refractivity contribution in [2.24, 2.45) is 0 Å². The van der Waals surface area contributed by atoms with Crippen molar-refractivity contribution in [3.05, 3.63) is 34.4 Å². The van der Waals surface area contributed by atoms with Gasteiger partial charge in [0.25, 0.3) is 5.69 Å².